The quantitative estimate of drug-likeness (QED) is 0.836. The third kappa shape index (κ3) is 2.55. The average Bonchev–Trinajstić information content (AvgIpc) is 2.95. The van der Waals surface area contributed by atoms with E-state index in [1.54, 1.807) is 7.11 Å². The van der Waals surface area contributed by atoms with Crippen molar-refractivity contribution in [1.82, 2.24) is 0 Å². The molecule has 0 spiro atoms. The molecule has 1 aromatic carbocycles. The fourth-order valence-corrected chi connectivity index (χ4v) is 3.15. The predicted molar refractivity (Wildman–Crippen MR) is 73.4 cm³/mol. The number of fused-ring (bicyclic) bond motifs is 1. The summed E-state index contributed by atoms with van der Waals surface area (Å²) in [4.78, 5) is 1.44. The molecule has 0 saturated carbocycles. The van der Waals surface area contributed by atoms with Gasteiger partial charge in [-0.2, -0.15) is 0 Å². The zero-order valence-corrected chi connectivity index (χ0v) is 11.9. The van der Waals surface area contributed by atoms with Crippen molar-refractivity contribution in [2.24, 2.45) is 0 Å². The molecule has 5 heteroatoms. The first-order chi connectivity index (χ1) is 9.81. The largest absolute Gasteiger partial charge is 0.493 e. The van der Waals surface area contributed by atoms with E-state index < -0.39 is 0 Å². The lowest BCUT2D eigenvalue weighted by atomic mass is 10.0. The van der Waals surface area contributed by atoms with Gasteiger partial charge in [0.25, 0.3) is 0 Å². The molecular formula is C15H22NO4+. The Morgan fingerprint density at radius 1 is 1.35 bits per heavy atom. The summed E-state index contributed by atoms with van der Waals surface area (Å²) >= 11 is 0. The van der Waals surface area contributed by atoms with Crippen LogP contribution in [0.4, 0.5) is 0 Å². The Hall–Kier alpha value is -1.46. The third-order valence-electron chi connectivity index (χ3n) is 4.25. The van der Waals surface area contributed by atoms with Crippen LogP contribution < -0.4 is 19.1 Å². The summed E-state index contributed by atoms with van der Waals surface area (Å²) in [6, 6.07) is 4.39. The number of ether oxygens (including phenoxy) is 3. The van der Waals surface area contributed by atoms with Gasteiger partial charge in [-0.15, -0.1) is 0 Å². The lowest BCUT2D eigenvalue weighted by molar-refractivity contribution is -0.944. The molecule has 20 heavy (non-hydrogen) atoms. The number of quaternary nitrogens is 1. The molecule has 0 aromatic heterocycles. The summed E-state index contributed by atoms with van der Waals surface area (Å²) in [7, 11) is 1.64. The van der Waals surface area contributed by atoms with Crippen LogP contribution in [0.15, 0.2) is 12.1 Å². The fraction of sp³-hybridized carbons (Fsp3) is 0.600. The molecule has 1 fully saturated rings. The van der Waals surface area contributed by atoms with Gasteiger partial charge in [0.1, 0.15) is 12.6 Å². The normalized spacial score (nSPS) is 24.7. The van der Waals surface area contributed by atoms with Crippen LogP contribution >= 0.6 is 0 Å². The van der Waals surface area contributed by atoms with Crippen LogP contribution in [-0.4, -0.2) is 38.2 Å². The maximum atomic E-state index is 9.50. The summed E-state index contributed by atoms with van der Waals surface area (Å²) < 4.78 is 16.3. The number of likely N-dealkylation sites (tertiary alicyclic amines) is 1. The second-order valence-electron chi connectivity index (χ2n) is 5.49. The zero-order chi connectivity index (χ0) is 13.9. The molecular weight excluding hydrogens is 258 g/mol. The molecule has 0 aliphatic carbocycles. The van der Waals surface area contributed by atoms with Gasteiger partial charge >= 0.3 is 0 Å². The molecule has 0 bridgehead atoms. The number of methoxy groups -OCH3 is 1. The van der Waals surface area contributed by atoms with Gasteiger partial charge in [0.2, 0.25) is 12.5 Å². The van der Waals surface area contributed by atoms with Crippen LogP contribution in [-0.2, 0) is 6.54 Å². The zero-order valence-electron chi connectivity index (χ0n) is 11.9. The SMILES string of the molecule is COc1cc(C[NH+]2CCCC[C@@H]2CO)cc2c1OCO2. The van der Waals surface area contributed by atoms with Crippen LogP contribution in [0.5, 0.6) is 17.2 Å². The third-order valence-corrected chi connectivity index (χ3v) is 4.25. The predicted octanol–water partition coefficient (Wildman–Crippen LogP) is 0.354. The summed E-state index contributed by atoms with van der Waals surface area (Å²) in [5.41, 5.74) is 1.17. The van der Waals surface area contributed by atoms with E-state index in [0.29, 0.717) is 11.8 Å². The maximum Gasteiger partial charge on any atom is 0.231 e. The van der Waals surface area contributed by atoms with Gasteiger partial charge in [-0.1, -0.05) is 0 Å². The first-order valence-corrected chi connectivity index (χ1v) is 7.23. The van der Waals surface area contributed by atoms with Crippen LogP contribution in [0.2, 0.25) is 0 Å². The van der Waals surface area contributed by atoms with Crippen LogP contribution in [0, 0.1) is 0 Å². The Bertz CT molecular complexity index is 477. The monoisotopic (exact) mass is 280 g/mol. The van der Waals surface area contributed by atoms with Crippen molar-refractivity contribution in [1.29, 1.82) is 0 Å². The summed E-state index contributed by atoms with van der Waals surface area (Å²) in [5.74, 6) is 2.19. The van der Waals surface area contributed by atoms with Gasteiger partial charge in [-0.05, 0) is 25.0 Å². The number of hydrogen-bond donors (Lipinski definition) is 2. The van der Waals surface area contributed by atoms with Crippen LogP contribution in [0.1, 0.15) is 24.8 Å². The lowest BCUT2D eigenvalue weighted by Crippen LogP contribution is -3.15. The molecule has 1 aromatic rings. The van der Waals surface area contributed by atoms with Crippen molar-refractivity contribution in [3.63, 3.8) is 0 Å². The molecule has 110 valence electrons. The van der Waals surface area contributed by atoms with Crippen molar-refractivity contribution < 1.29 is 24.2 Å². The topological polar surface area (TPSA) is 52.4 Å². The Labute approximate surface area is 119 Å². The van der Waals surface area contributed by atoms with Crippen LogP contribution in [0.3, 0.4) is 0 Å². The molecule has 2 N–H and O–H groups in total. The van der Waals surface area contributed by atoms with Gasteiger partial charge in [0, 0.05) is 12.0 Å². The van der Waals surface area contributed by atoms with Gasteiger partial charge in [-0.3, -0.25) is 0 Å². The van der Waals surface area contributed by atoms with Gasteiger partial charge in [0.05, 0.1) is 20.3 Å². The Morgan fingerprint density at radius 2 is 2.25 bits per heavy atom. The highest BCUT2D eigenvalue weighted by Gasteiger charge is 2.27. The highest BCUT2D eigenvalue weighted by atomic mass is 16.7. The minimum absolute atomic E-state index is 0.255. The second kappa shape index (κ2) is 5.89. The van der Waals surface area contributed by atoms with Crippen LogP contribution in [0.25, 0.3) is 0 Å². The van der Waals surface area contributed by atoms with E-state index in [4.69, 9.17) is 14.2 Å². The molecule has 2 heterocycles. The minimum Gasteiger partial charge on any atom is -0.493 e. The Kier molecular flexibility index (Phi) is 3.98. The smallest absolute Gasteiger partial charge is 0.231 e. The summed E-state index contributed by atoms with van der Waals surface area (Å²) in [6.45, 7) is 2.52. The number of nitrogens with one attached hydrogen (secondary N) is 1. The van der Waals surface area contributed by atoms with Crippen molar-refractivity contribution >= 4 is 0 Å². The van der Waals surface area contributed by atoms with E-state index in [1.165, 1.54) is 23.3 Å². The van der Waals surface area contributed by atoms with Crippen molar-refractivity contribution in [2.75, 3.05) is 27.1 Å². The number of hydrogen-bond acceptors (Lipinski definition) is 4. The number of aliphatic hydroxyl groups is 1. The highest BCUT2D eigenvalue weighted by Crippen LogP contribution is 2.41. The average molecular weight is 280 g/mol. The van der Waals surface area contributed by atoms with Gasteiger partial charge in [0.15, 0.2) is 11.5 Å². The summed E-state index contributed by atoms with van der Waals surface area (Å²) in [5, 5.41) is 9.50. The molecule has 2 atom stereocenters. The second-order valence-corrected chi connectivity index (χ2v) is 5.49. The molecule has 0 radical (unpaired) electrons. The van der Waals surface area contributed by atoms with E-state index in [1.807, 2.05) is 12.1 Å². The molecule has 3 rings (SSSR count). The molecule has 1 saturated heterocycles. The first-order valence-electron chi connectivity index (χ1n) is 7.23. The number of piperidine rings is 1. The van der Waals surface area contributed by atoms with E-state index in [0.717, 1.165) is 31.0 Å². The maximum absolute atomic E-state index is 9.50. The summed E-state index contributed by atoms with van der Waals surface area (Å²) in [6.07, 6.45) is 3.56. The van der Waals surface area contributed by atoms with E-state index in [2.05, 4.69) is 0 Å². The van der Waals surface area contributed by atoms with Crippen molar-refractivity contribution in [3.8, 4) is 17.2 Å². The lowest BCUT2D eigenvalue weighted by Gasteiger charge is -2.31. The van der Waals surface area contributed by atoms with E-state index >= 15 is 0 Å². The molecule has 2 aliphatic rings. The molecule has 5 nitrogen and oxygen atoms in total. The Morgan fingerprint density at radius 3 is 3.05 bits per heavy atom. The standard InChI is InChI=1S/C15H21NO4/c1-18-13-6-11(7-14-15(13)20-10-19-14)8-16-5-3-2-4-12(16)9-17/h6-7,12,17H,2-5,8-10H2,1H3/p+1/t12-/m1/s1. The minimum atomic E-state index is 0.255. The van der Waals surface area contributed by atoms with E-state index in [-0.39, 0.29) is 13.4 Å². The number of benzene rings is 1. The Balaban J connectivity index is 1.80. The van der Waals surface area contributed by atoms with Gasteiger partial charge in [-0.25, -0.2) is 0 Å². The van der Waals surface area contributed by atoms with Gasteiger partial charge < -0.3 is 24.2 Å². The molecule has 2 aliphatic heterocycles. The van der Waals surface area contributed by atoms with Crippen molar-refractivity contribution in [2.45, 2.75) is 31.8 Å². The molecule has 0 amide bonds. The van der Waals surface area contributed by atoms with E-state index in [9.17, 15) is 5.11 Å². The highest BCUT2D eigenvalue weighted by molar-refractivity contribution is 5.54. The first kappa shape index (κ1) is 13.5. The van der Waals surface area contributed by atoms with Crippen molar-refractivity contribution in [3.05, 3.63) is 17.7 Å². The number of aliphatic hydroxyl groups excluding tert-OH is 1. The molecule has 1 unspecified atom stereocenters. The number of rotatable bonds is 4. The fourth-order valence-electron chi connectivity index (χ4n) is 3.15.